The lowest BCUT2D eigenvalue weighted by Gasteiger charge is -2.12. The molecule has 0 bridgehead atoms. The maximum atomic E-state index is 12.2. The van der Waals surface area contributed by atoms with E-state index in [0.717, 1.165) is 4.47 Å². The van der Waals surface area contributed by atoms with E-state index in [1.165, 1.54) is 0 Å². The Kier molecular flexibility index (Phi) is 5.36. The molecule has 0 aromatic heterocycles. The summed E-state index contributed by atoms with van der Waals surface area (Å²) in [6, 6.07) is 12.4. The molecular formula is C16H16BrNO3. The average Bonchev–Trinajstić information content (AvgIpc) is 2.49. The first-order chi connectivity index (χ1) is 10.2. The summed E-state index contributed by atoms with van der Waals surface area (Å²) >= 11 is 3.35. The number of aliphatic hydroxyl groups is 1. The molecule has 2 N–H and O–H groups in total. The predicted octanol–water partition coefficient (Wildman–Crippen LogP) is 3.59. The Hall–Kier alpha value is -1.85. The summed E-state index contributed by atoms with van der Waals surface area (Å²) < 4.78 is 6.14. The third-order valence-corrected chi connectivity index (χ3v) is 3.60. The molecule has 2 aromatic rings. The van der Waals surface area contributed by atoms with Crippen molar-refractivity contribution in [1.82, 2.24) is 0 Å². The maximum Gasteiger partial charge on any atom is 0.256 e. The molecule has 0 aliphatic rings. The number of ether oxygens (including phenoxy) is 1. The van der Waals surface area contributed by atoms with Crippen LogP contribution in [0.15, 0.2) is 46.9 Å². The number of hydrogen-bond acceptors (Lipinski definition) is 3. The molecule has 0 aliphatic carbocycles. The number of nitrogens with one attached hydrogen (secondary N) is 1. The van der Waals surface area contributed by atoms with Crippen molar-refractivity contribution in [3.63, 3.8) is 0 Å². The number of anilines is 1. The molecule has 0 heterocycles. The van der Waals surface area contributed by atoms with E-state index in [-0.39, 0.29) is 12.5 Å². The van der Waals surface area contributed by atoms with E-state index in [0.29, 0.717) is 29.2 Å². The van der Waals surface area contributed by atoms with Gasteiger partial charge in [-0.05, 0) is 53.2 Å². The van der Waals surface area contributed by atoms with Gasteiger partial charge in [0.25, 0.3) is 5.91 Å². The van der Waals surface area contributed by atoms with Gasteiger partial charge in [0.15, 0.2) is 0 Å². The second-order valence-corrected chi connectivity index (χ2v) is 5.20. The fourth-order valence-electron chi connectivity index (χ4n) is 1.92. The molecule has 0 atom stereocenters. The average molecular weight is 350 g/mol. The van der Waals surface area contributed by atoms with E-state index in [9.17, 15) is 9.90 Å². The van der Waals surface area contributed by atoms with Gasteiger partial charge >= 0.3 is 0 Å². The topological polar surface area (TPSA) is 58.6 Å². The Labute approximate surface area is 131 Å². The van der Waals surface area contributed by atoms with Crippen LogP contribution in [0.2, 0.25) is 0 Å². The zero-order chi connectivity index (χ0) is 15.2. The first-order valence-corrected chi connectivity index (χ1v) is 7.37. The number of halogens is 1. The molecule has 0 saturated heterocycles. The molecule has 110 valence electrons. The van der Waals surface area contributed by atoms with Crippen LogP contribution in [-0.4, -0.2) is 17.6 Å². The fraction of sp³-hybridized carbons (Fsp3) is 0.188. The summed E-state index contributed by atoms with van der Waals surface area (Å²) in [5.41, 5.74) is 1.81. The molecule has 2 rings (SSSR count). The normalized spacial score (nSPS) is 10.2. The monoisotopic (exact) mass is 349 g/mol. The summed E-state index contributed by atoms with van der Waals surface area (Å²) in [7, 11) is 0. The van der Waals surface area contributed by atoms with Gasteiger partial charge in [-0.25, -0.2) is 0 Å². The van der Waals surface area contributed by atoms with Crippen molar-refractivity contribution >= 4 is 27.5 Å². The van der Waals surface area contributed by atoms with E-state index in [2.05, 4.69) is 21.2 Å². The molecule has 0 fully saturated rings. The van der Waals surface area contributed by atoms with Crippen molar-refractivity contribution in [2.75, 3.05) is 11.9 Å². The molecule has 0 spiro atoms. The van der Waals surface area contributed by atoms with Gasteiger partial charge in [0.1, 0.15) is 5.75 Å². The van der Waals surface area contributed by atoms with Gasteiger partial charge in [-0.3, -0.25) is 4.79 Å². The van der Waals surface area contributed by atoms with E-state index in [4.69, 9.17) is 4.74 Å². The maximum absolute atomic E-state index is 12.2. The Morgan fingerprint density at radius 3 is 2.71 bits per heavy atom. The Morgan fingerprint density at radius 1 is 1.29 bits per heavy atom. The molecule has 21 heavy (non-hydrogen) atoms. The zero-order valence-corrected chi connectivity index (χ0v) is 13.2. The standard InChI is InChI=1S/C16H16BrNO3/c1-2-21-15-8-7-12(9-11(15)10-19)18-16(20)13-5-3-4-6-14(13)17/h3-9,19H,2,10H2,1H3,(H,18,20). The second-order valence-electron chi connectivity index (χ2n) is 4.35. The van der Waals surface area contributed by atoms with Crippen molar-refractivity contribution in [3.8, 4) is 5.75 Å². The smallest absolute Gasteiger partial charge is 0.256 e. The summed E-state index contributed by atoms with van der Waals surface area (Å²) in [4.78, 5) is 12.2. The SMILES string of the molecule is CCOc1ccc(NC(=O)c2ccccc2Br)cc1CO. The van der Waals surface area contributed by atoms with Gasteiger partial charge in [-0.2, -0.15) is 0 Å². The zero-order valence-electron chi connectivity index (χ0n) is 11.6. The highest BCUT2D eigenvalue weighted by Crippen LogP contribution is 2.24. The van der Waals surface area contributed by atoms with E-state index in [1.807, 2.05) is 19.1 Å². The first kappa shape index (κ1) is 15.5. The summed E-state index contributed by atoms with van der Waals surface area (Å²) in [6.07, 6.45) is 0. The van der Waals surface area contributed by atoms with Crippen molar-refractivity contribution in [3.05, 3.63) is 58.1 Å². The van der Waals surface area contributed by atoms with Crippen LogP contribution >= 0.6 is 15.9 Å². The molecule has 1 amide bonds. The highest BCUT2D eigenvalue weighted by atomic mass is 79.9. The molecule has 2 aromatic carbocycles. The summed E-state index contributed by atoms with van der Waals surface area (Å²) in [5.74, 6) is 0.411. The molecule has 0 unspecified atom stereocenters. The van der Waals surface area contributed by atoms with E-state index in [1.54, 1.807) is 30.3 Å². The lowest BCUT2D eigenvalue weighted by atomic mass is 10.1. The van der Waals surface area contributed by atoms with Gasteiger partial charge in [0.2, 0.25) is 0 Å². The number of aliphatic hydroxyl groups excluding tert-OH is 1. The number of amides is 1. The van der Waals surface area contributed by atoms with Crippen LogP contribution in [-0.2, 0) is 6.61 Å². The van der Waals surface area contributed by atoms with Crippen molar-refractivity contribution in [2.24, 2.45) is 0 Å². The van der Waals surface area contributed by atoms with Gasteiger partial charge in [-0.1, -0.05) is 12.1 Å². The molecule has 4 nitrogen and oxygen atoms in total. The minimum absolute atomic E-state index is 0.145. The molecular weight excluding hydrogens is 334 g/mol. The quantitative estimate of drug-likeness (QED) is 0.866. The highest BCUT2D eigenvalue weighted by molar-refractivity contribution is 9.10. The van der Waals surface area contributed by atoms with Gasteiger partial charge in [0.05, 0.1) is 18.8 Å². The number of carbonyl (C=O) groups excluding carboxylic acids is 1. The number of hydrogen-bond donors (Lipinski definition) is 2. The van der Waals surface area contributed by atoms with Crippen LogP contribution in [0.1, 0.15) is 22.8 Å². The number of benzene rings is 2. The lowest BCUT2D eigenvalue weighted by Crippen LogP contribution is -2.12. The van der Waals surface area contributed by atoms with Crippen LogP contribution in [0.4, 0.5) is 5.69 Å². The van der Waals surface area contributed by atoms with Crippen LogP contribution in [0.3, 0.4) is 0 Å². The van der Waals surface area contributed by atoms with E-state index < -0.39 is 0 Å². The Morgan fingerprint density at radius 2 is 2.05 bits per heavy atom. The molecule has 0 radical (unpaired) electrons. The van der Waals surface area contributed by atoms with Gasteiger partial charge < -0.3 is 15.2 Å². The van der Waals surface area contributed by atoms with Gasteiger partial charge in [0, 0.05) is 15.7 Å². The third-order valence-electron chi connectivity index (χ3n) is 2.91. The van der Waals surface area contributed by atoms with Gasteiger partial charge in [-0.15, -0.1) is 0 Å². The van der Waals surface area contributed by atoms with Crippen LogP contribution in [0.5, 0.6) is 5.75 Å². The predicted molar refractivity (Wildman–Crippen MR) is 85.6 cm³/mol. The third kappa shape index (κ3) is 3.83. The van der Waals surface area contributed by atoms with Crippen molar-refractivity contribution in [1.29, 1.82) is 0 Å². The fourth-order valence-corrected chi connectivity index (χ4v) is 2.39. The van der Waals surface area contributed by atoms with Crippen LogP contribution in [0, 0.1) is 0 Å². The largest absolute Gasteiger partial charge is 0.494 e. The lowest BCUT2D eigenvalue weighted by molar-refractivity contribution is 0.102. The summed E-state index contributed by atoms with van der Waals surface area (Å²) in [5, 5.41) is 12.2. The Bertz CT molecular complexity index is 643. The summed E-state index contributed by atoms with van der Waals surface area (Å²) in [6.45, 7) is 2.26. The van der Waals surface area contributed by atoms with E-state index >= 15 is 0 Å². The minimum Gasteiger partial charge on any atom is -0.494 e. The van der Waals surface area contributed by atoms with Crippen LogP contribution in [0.25, 0.3) is 0 Å². The second kappa shape index (κ2) is 7.24. The highest BCUT2D eigenvalue weighted by Gasteiger charge is 2.11. The molecule has 5 heteroatoms. The number of rotatable bonds is 5. The van der Waals surface area contributed by atoms with Crippen molar-refractivity contribution in [2.45, 2.75) is 13.5 Å². The number of carbonyl (C=O) groups is 1. The first-order valence-electron chi connectivity index (χ1n) is 6.58. The van der Waals surface area contributed by atoms with Crippen LogP contribution < -0.4 is 10.1 Å². The molecule has 0 saturated carbocycles. The molecule has 0 aliphatic heterocycles. The Balaban J connectivity index is 2.20. The minimum atomic E-state index is -0.212. The van der Waals surface area contributed by atoms with Crippen molar-refractivity contribution < 1.29 is 14.6 Å².